The fraction of sp³-hybridized carbons (Fsp3) is 0.500. The summed E-state index contributed by atoms with van der Waals surface area (Å²) in [5.74, 6) is -1.26. The molecule has 1 aliphatic heterocycles. The van der Waals surface area contributed by atoms with Crippen molar-refractivity contribution in [2.24, 2.45) is 0 Å². The van der Waals surface area contributed by atoms with Crippen LogP contribution >= 0.6 is 0 Å². The lowest BCUT2D eigenvalue weighted by Gasteiger charge is -2.28. The Morgan fingerprint density at radius 1 is 1.29 bits per heavy atom. The molecular formula is C22H29BN4O8. The minimum absolute atomic E-state index is 0.0299. The van der Waals surface area contributed by atoms with Crippen molar-refractivity contribution in [3.05, 3.63) is 41.2 Å². The maximum Gasteiger partial charge on any atom is 0.526 e. The lowest BCUT2D eigenvalue weighted by atomic mass is 9.64. The number of para-hydroxylation sites is 1. The number of hydrogen-bond donors (Lipinski definition) is 1. The van der Waals surface area contributed by atoms with Gasteiger partial charge in [0.25, 0.3) is 0 Å². The van der Waals surface area contributed by atoms with E-state index in [-0.39, 0.29) is 36.2 Å². The molecule has 0 radical (unpaired) electrons. The second-order valence-corrected chi connectivity index (χ2v) is 8.77. The molecule has 0 spiro atoms. The summed E-state index contributed by atoms with van der Waals surface area (Å²) in [6, 6.07) is 4.86. The van der Waals surface area contributed by atoms with Crippen LogP contribution in [0.15, 0.2) is 24.4 Å². The Balaban J connectivity index is 1.57. The molecule has 0 bridgehead atoms. The Morgan fingerprint density at radius 3 is 2.77 bits per heavy atom. The van der Waals surface area contributed by atoms with Gasteiger partial charge >= 0.3 is 19.2 Å². The molecule has 2 heterocycles. The van der Waals surface area contributed by atoms with Crippen LogP contribution in [0, 0.1) is 0 Å². The number of benzene rings is 1. The number of carbonyl (C=O) groups excluding carboxylic acids is 3. The number of ether oxygens (including phenoxy) is 3. The standard InChI is InChI=1S/C22H29BN4O8/c1-14(2)34-22(30)33-13-32-21(29)19-7-5-6-15-8-16(23(31)35-20(15)19)9-18(28)12-27-11-17(24-25-27)10-26(3)4/h5-7,11,14,16,31H,8-10,12-13H2,1-4H3/t16-/m1/s1. The lowest BCUT2D eigenvalue weighted by Crippen LogP contribution is -2.36. The quantitative estimate of drug-likeness (QED) is 0.295. The number of ketones is 1. The SMILES string of the molecule is CC(C)OC(=O)OCOC(=O)c1cccc2c1OB(O)[C@@H](CC(=O)Cn1cc(CN(C)C)nn1)C2. The first-order valence-electron chi connectivity index (χ1n) is 11.1. The van der Waals surface area contributed by atoms with Crippen molar-refractivity contribution in [2.75, 3.05) is 20.9 Å². The van der Waals surface area contributed by atoms with E-state index in [1.165, 1.54) is 10.7 Å². The van der Waals surface area contributed by atoms with E-state index >= 15 is 0 Å². The van der Waals surface area contributed by atoms with E-state index in [1.807, 2.05) is 19.0 Å². The van der Waals surface area contributed by atoms with Crippen molar-refractivity contribution in [3.63, 3.8) is 0 Å². The third kappa shape index (κ3) is 7.52. The molecular weight excluding hydrogens is 459 g/mol. The van der Waals surface area contributed by atoms with Gasteiger partial charge in [0.1, 0.15) is 17.9 Å². The van der Waals surface area contributed by atoms with Crippen molar-refractivity contribution >= 4 is 25.0 Å². The van der Waals surface area contributed by atoms with E-state index in [1.54, 1.807) is 32.2 Å². The van der Waals surface area contributed by atoms with Crippen LogP contribution < -0.4 is 4.65 Å². The Morgan fingerprint density at radius 2 is 2.06 bits per heavy atom. The largest absolute Gasteiger partial charge is 0.535 e. The van der Waals surface area contributed by atoms with E-state index in [2.05, 4.69) is 10.3 Å². The molecule has 0 amide bonds. The fourth-order valence-corrected chi connectivity index (χ4v) is 3.60. The molecule has 1 N–H and O–H groups in total. The molecule has 35 heavy (non-hydrogen) atoms. The predicted octanol–water partition coefficient (Wildman–Crippen LogP) is 1.46. The van der Waals surface area contributed by atoms with E-state index in [0.717, 1.165) is 5.69 Å². The van der Waals surface area contributed by atoms with Gasteiger partial charge < -0.3 is 28.8 Å². The normalized spacial score (nSPS) is 14.9. The Hall–Kier alpha value is -3.45. The number of carbonyl (C=O) groups is 3. The number of aromatic nitrogens is 3. The van der Waals surface area contributed by atoms with E-state index in [0.29, 0.717) is 18.5 Å². The number of fused-ring (bicyclic) bond motifs is 1. The molecule has 0 saturated carbocycles. The van der Waals surface area contributed by atoms with Gasteiger partial charge in [-0.1, -0.05) is 17.3 Å². The maximum absolute atomic E-state index is 12.6. The van der Waals surface area contributed by atoms with Crippen LogP contribution in [0.25, 0.3) is 0 Å². The minimum atomic E-state index is -1.29. The van der Waals surface area contributed by atoms with Crippen LogP contribution in [-0.2, 0) is 38.5 Å². The van der Waals surface area contributed by atoms with Crippen LogP contribution in [-0.4, -0.2) is 76.9 Å². The van der Waals surface area contributed by atoms with Crippen molar-refractivity contribution in [2.45, 2.75) is 51.7 Å². The monoisotopic (exact) mass is 488 g/mol. The summed E-state index contributed by atoms with van der Waals surface area (Å²) < 4.78 is 21.5. The molecule has 1 atom stereocenters. The number of esters is 1. The zero-order valence-electron chi connectivity index (χ0n) is 20.2. The number of Topliss-reactive ketones (excluding diaryl/α,β-unsaturated/α-hetero) is 1. The average molecular weight is 488 g/mol. The smallest absolute Gasteiger partial charge is 0.526 e. The molecule has 188 valence electrons. The summed E-state index contributed by atoms with van der Waals surface area (Å²) in [5, 5.41) is 18.5. The first kappa shape index (κ1) is 26.2. The molecule has 0 fully saturated rings. The van der Waals surface area contributed by atoms with Gasteiger partial charge in [-0.2, -0.15) is 0 Å². The van der Waals surface area contributed by atoms with Gasteiger partial charge in [0.05, 0.1) is 18.0 Å². The summed E-state index contributed by atoms with van der Waals surface area (Å²) >= 11 is 0. The molecule has 2 aromatic rings. The van der Waals surface area contributed by atoms with Crippen molar-refractivity contribution < 1.29 is 38.3 Å². The predicted molar refractivity (Wildman–Crippen MR) is 123 cm³/mol. The van der Waals surface area contributed by atoms with Crippen molar-refractivity contribution in [3.8, 4) is 5.75 Å². The molecule has 1 aromatic carbocycles. The maximum atomic E-state index is 12.6. The first-order valence-corrected chi connectivity index (χ1v) is 11.1. The Labute approximate surface area is 203 Å². The molecule has 1 aromatic heterocycles. The highest BCUT2D eigenvalue weighted by Gasteiger charge is 2.38. The molecule has 12 nitrogen and oxygen atoms in total. The number of hydrogen-bond acceptors (Lipinski definition) is 11. The van der Waals surface area contributed by atoms with Crippen LogP contribution in [0.3, 0.4) is 0 Å². The van der Waals surface area contributed by atoms with Gasteiger partial charge in [-0.15, -0.1) is 5.10 Å². The second kappa shape index (κ2) is 11.8. The van der Waals surface area contributed by atoms with Crippen molar-refractivity contribution in [1.82, 2.24) is 19.9 Å². The zero-order valence-corrected chi connectivity index (χ0v) is 20.2. The van der Waals surface area contributed by atoms with E-state index in [9.17, 15) is 19.4 Å². The average Bonchev–Trinajstić information content (AvgIpc) is 3.19. The Bertz CT molecular complexity index is 1060. The van der Waals surface area contributed by atoms with Crippen LogP contribution in [0.1, 0.15) is 41.9 Å². The fourth-order valence-electron chi connectivity index (χ4n) is 3.60. The number of nitrogens with zero attached hydrogens (tertiary/aromatic N) is 4. The summed E-state index contributed by atoms with van der Waals surface area (Å²) in [7, 11) is 2.53. The van der Waals surface area contributed by atoms with Gasteiger partial charge in [-0.05, 0) is 46.0 Å². The molecule has 3 rings (SSSR count). The van der Waals surface area contributed by atoms with Gasteiger partial charge in [0.2, 0.25) is 6.79 Å². The highest BCUT2D eigenvalue weighted by Crippen LogP contribution is 2.36. The second-order valence-electron chi connectivity index (χ2n) is 8.77. The summed E-state index contributed by atoms with van der Waals surface area (Å²) in [5.41, 5.74) is 1.47. The van der Waals surface area contributed by atoms with Crippen LogP contribution in [0.4, 0.5) is 4.79 Å². The van der Waals surface area contributed by atoms with Gasteiger partial charge in [-0.25, -0.2) is 14.3 Å². The highest BCUT2D eigenvalue weighted by molar-refractivity contribution is 6.47. The zero-order chi connectivity index (χ0) is 25.5. The van der Waals surface area contributed by atoms with E-state index < -0.39 is 31.9 Å². The first-order chi connectivity index (χ1) is 16.6. The van der Waals surface area contributed by atoms with Gasteiger partial charge in [0.15, 0.2) is 5.78 Å². The molecule has 1 aliphatic rings. The molecule has 0 unspecified atom stereocenters. The third-order valence-corrected chi connectivity index (χ3v) is 5.03. The Kier molecular flexibility index (Phi) is 8.82. The third-order valence-electron chi connectivity index (χ3n) is 5.03. The van der Waals surface area contributed by atoms with Crippen LogP contribution in [0.2, 0.25) is 5.82 Å². The topological polar surface area (TPSA) is 142 Å². The summed E-state index contributed by atoms with van der Waals surface area (Å²) in [4.78, 5) is 38.4. The molecule has 0 aliphatic carbocycles. The minimum Gasteiger partial charge on any atom is -0.535 e. The van der Waals surface area contributed by atoms with Gasteiger partial charge in [-0.3, -0.25) is 4.79 Å². The molecule has 13 heteroatoms. The summed E-state index contributed by atoms with van der Waals surface area (Å²) in [6.07, 6.45) is 0.770. The van der Waals surface area contributed by atoms with Crippen molar-refractivity contribution in [1.29, 1.82) is 0 Å². The van der Waals surface area contributed by atoms with Crippen LogP contribution in [0.5, 0.6) is 5.75 Å². The lowest BCUT2D eigenvalue weighted by molar-refractivity contribution is -0.120. The van der Waals surface area contributed by atoms with E-state index in [4.69, 9.17) is 18.9 Å². The number of rotatable bonds is 10. The highest BCUT2D eigenvalue weighted by atomic mass is 16.8. The molecule has 0 saturated heterocycles. The van der Waals surface area contributed by atoms with Gasteiger partial charge in [0, 0.05) is 18.8 Å². The summed E-state index contributed by atoms with van der Waals surface area (Å²) in [6.45, 7) is 3.32.